The third-order valence-electron chi connectivity index (χ3n) is 4.65. The molecule has 2 aromatic carbocycles. The molecule has 7 N–H and O–H groups in total. The number of nitrogens with two attached hydrogens (primary N) is 2. The first kappa shape index (κ1) is 21.7. The number of carboxylic acid groups (broad SMARTS) is 1. The smallest absolute Gasteiger partial charge is 0.337 e. The number of nitrogens with one attached hydrogen (secondary N) is 2. The summed E-state index contributed by atoms with van der Waals surface area (Å²) < 4.78 is 26.2. The number of sulfone groups is 1. The van der Waals surface area contributed by atoms with Crippen LogP contribution >= 0.6 is 0 Å². The average Bonchev–Trinajstić information content (AvgIpc) is 2.78. The third-order valence-corrected chi connectivity index (χ3v) is 6.46. The molecule has 0 aliphatic carbocycles. The highest BCUT2D eigenvalue weighted by Gasteiger charge is 2.25. The molecular formula is C20H17N7O5S. The van der Waals surface area contributed by atoms with Gasteiger partial charge in [-0.05, 0) is 42.5 Å². The minimum Gasteiger partial charge on any atom is -0.478 e. The van der Waals surface area contributed by atoms with Gasteiger partial charge in [0.25, 0.3) is 5.56 Å². The number of fused-ring (bicyclic) bond motifs is 1. The van der Waals surface area contributed by atoms with Crippen LogP contribution in [0.3, 0.4) is 0 Å². The van der Waals surface area contributed by atoms with Gasteiger partial charge >= 0.3 is 5.97 Å². The minimum absolute atomic E-state index is 0.00339. The molecule has 0 unspecified atom stereocenters. The van der Waals surface area contributed by atoms with Crippen molar-refractivity contribution in [1.29, 1.82) is 0 Å². The van der Waals surface area contributed by atoms with E-state index in [1.165, 1.54) is 48.7 Å². The van der Waals surface area contributed by atoms with Crippen LogP contribution in [0.4, 0.5) is 17.3 Å². The zero-order valence-electron chi connectivity index (χ0n) is 16.8. The number of hydrogen-bond acceptors (Lipinski definition) is 10. The number of benzene rings is 2. The summed E-state index contributed by atoms with van der Waals surface area (Å²) in [6.45, 7) is 0.0700. The zero-order valence-corrected chi connectivity index (χ0v) is 17.6. The van der Waals surface area contributed by atoms with E-state index < -0.39 is 21.4 Å². The molecule has 4 aromatic rings. The van der Waals surface area contributed by atoms with Crippen LogP contribution in [-0.2, 0) is 16.4 Å². The summed E-state index contributed by atoms with van der Waals surface area (Å²) >= 11 is 0. The third kappa shape index (κ3) is 4.29. The van der Waals surface area contributed by atoms with E-state index in [-0.39, 0.29) is 39.0 Å². The summed E-state index contributed by atoms with van der Waals surface area (Å²) in [5.74, 6) is -1.47. The van der Waals surface area contributed by atoms with Gasteiger partial charge in [-0.15, -0.1) is 0 Å². The predicted octanol–water partition coefficient (Wildman–Crippen LogP) is 1.02. The van der Waals surface area contributed by atoms with E-state index in [9.17, 15) is 23.1 Å². The van der Waals surface area contributed by atoms with Crippen molar-refractivity contribution in [1.82, 2.24) is 19.9 Å². The Balaban J connectivity index is 1.67. The fourth-order valence-electron chi connectivity index (χ4n) is 3.05. The van der Waals surface area contributed by atoms with Crippen molar-refractivity contribution in [2.24, 2.45) is 0 Å². The molecule has 0 atom stereocenters. The molecular weight excluding hydrogens is 450 g/mol. The van der Waals surface area contributed by atoms with Crippen LogP contribution in [0.2, 0.25) is 0 Å². The van der Waals surface area contributed by atoms with E-state index >= 15 is 0 Å². The Labute approximate surface area is 186 Å². The summed E-state index contributed by atoms with van der Waals surface area (Å²) in [5, 5.41) is 12.5. The van der Waals surface area contributed by atoms with Crippen molar-refractivity contribution in [2.45, 2.75) is 16.3 Å². The lowest BCUT2D eigenvalue weighted by Crippen LogP contribution is -2.15. The van der Waals surface area contributed by atoms with E-state index in [0.29, 0.717) is 17.1 Å². The number of nitrogen functional groups attached to an aromatic ring is 2. The van der Waals surface area contributed by atoms with Gasteiger partial charge in [0.05, 0.1) is 33.8 Å². The molecule has 0 saturated heterocycles. The number of carboxylic acids is 1. The molecule has 0 aliphatic heterocycles. The first-order valence-electron chi connectivity index (χ1n) is 9.38. The molecule has 168 valence electrons. The molecule has 4 rings (SSSR count). The summed E-state index contributed by atoms with van der Waals surface area (Å²) in [5.41, 5.74) is 11.3. The number of aromatic carboxylic acids is 1. The van der Waals surface area contributed by atoms with Crippen molar-refractivity contribution in [3.63, 3.8) is 0 Å². The summed E-state index contributed by atoms with van der Waals surface area (Å²) in [6.07, 6.45) is 1.39. The number of aromatic amines is 1. The average molecular weight is 467 g/mol. The molecule has 12 nitrogen and oxygen atoms in total. The predicted molar refractivity (Wildman–Crippen MR) is 119 cm³/mol. The van der Waals surface area contributed by atoms with Crippen molar-refractivity contribution in [3.8, 4) is 0 Å². The number of hydrogen-bond donors (Lipinski definition) is 5. The molecule has 2 aromatic heterocycles. The molecule has 0 fully saturated rings. The van der Waals surface area contributed by atoms with Crippen LogP contribution in [0.5, 0.6) is 0 Å². The maximum Gasteiger partial charge on any atom is 0.337 e. The maximum atomic E-state index is 13.1. The van der Waals surface area contributed by atoms with Gasteiger partial charge in [0.2, 0.25) is 15.8 Å². The van der Waals surface area contributed by atoms with E-state index in [1.807, 2.05) is 0 Å². The number of rotatable bonds is 6. The van der Waals surface area contributed by atoms with Gasteiger partial charge in [-0.1, -0.05) is 0 Å². The largest absolute Gasteiger partial charge is 0.478 e. The fraction of sp³-hybridized carbons (Fsp3) is 0.0500. The van der Waals surface area contributed by atoms with Gasteiger partial charge < -0.3 is 21.9 Å². The van der Waals surface area contributed by atoms with Crippen LogP contribution in [0.15, 0.2) is 63.2 Å². The number of H-pyrrole nitrogens is 1. The Hall–Kier alpha value is -4.52. The van der Waals surface area contributed by atoms with Crippen molar-refractivity contribution < 1.29 is 18.3 Å². The molecule has 0 amide bonds. The van der Waals surface area contributed by atoms with Gasteiger partial charge in [-0.2, -0.15) is 4.98 Å². The molecule has 2 heterocycles. The van der Waals surface area contributed by atoms with Gasteiger partial charge in [-0.3, -0.25) is 9.78 Å². The monoisotopic (exact) mass is 467 g/mol. The quantitative estimate of drug-likeness (QED) is 0.253. The van der Waals surface area contributed by atoms with Gasteiger partial charge in [0.15, 0.2) is 11.2 Å². The van der Waals surface area contributed by atoms with E-state index in [1.54, 1.807) is 0 Å². The molecule has 33 heavy (non-hydrogen) atoms. The highest BCUT2D eigenvalue weighted by atomic mass is 32.2. The number of anilines is 3. The summed E-state index contributed by atoms with van der Waals surface area (Å²) in [7, 11) is -4.15. The Morgan fingerprint density at radius 1 is 1.09 bits per heavy atom. The Morgan fingerprint density at radius 3 is 2.52 bits per heavy atom. The topological polar surface area (TPSA) is 207 Å². The summed E-state index contributed by atoms with van der Waals surface area (Å²) in [6, 6.07) is 9.28. The first-order valence-corrected chi connectivity index (χ1v) is 10.9. The van der Waals surface area contributed by atoms with Gasteiger partial charge in [-0.25, -0.2) is 23.2 Å². The van der Waals surface area contributed by atoms with Crippen LogP contribution in [-0.4, -0.2) is 39.4 Å². The van der Waals surface area contributed by atoms with Crippen LogP contribution in [0, 0.1) is 0 Å². The Kier molecular flexibility index (Phi) is 5.39. The van der Waals surface area contributed by atoms with Crippen molar-refractivity contribution in [3.05, 3.63) is 70.3 Å². The Bertz CT molecular complexity index is 1550. The second-order valence-electron chi connectivity index (χ2n) is 6.93. The standard InChI is InChI=1S/C20H17N7O5S/c21-10-1-4-13(5-2-10)33(31,32)15-7-11(3-6-14(15)19(29)30)23-8-12-9-24-17-16(25-12)18(28)27-20(22)26-17/h1-7,9,23H,8,21H2,(H,29,30)(H3,22,24,26,27,28). The normalized spacial score (nSPS) is 11.4. The lowest BCUT2D eigenvalue weighted by molar-refractivity contribution is 0.0692. The lowest BCUT2D eigenvalue weighted by Gasteiger charge is -2.12. The van der Waals surface area contributed by atoms with Crippen LogP contribution < -0.4 is 22.3 Å². The molecule has 0 radical (unpaired) electrons. The maximum absolute atomic E-state index is 13.1. The molecule has 13 heteroatoms. The van der Waals surface area contributed by atoms with E-state index in [4.69, 9.17) is 11.5 Å². The van der Waals surface area contributed by atoms with Gasteiger partial charge in [0, 0.05) is 11.4 Å². The van der Waals surface area contributed by atoms with Gasteiger partial charge in [0.1, 0.15) is 0 Å². The van der Waals surface area contributed by atoms with Crippen molar-refractivity contribution in [2.75, 3.05) is 16.8 Å². The zero-order chi connectivity index (χ0) is 23.8. The minimum atomic E-state index is -4.15. The first-order chi connectivity index (χ1) is 15.6. The number of aromatic nitrogens is 4. The molecule has 0 bridgehead atoms. The second-order valence-corrected chi connectivity index (χ2v) is 8.84. The lowest BCUT2D eigenvalue weighted by atomic mass is 10.2. The number of nitrogens with zero attached hydrogens (tertiary/aromatic N) is 3. The fourth-order valence-corrected chi connectivity index (χ4v) is 4.53. The highest BCUT2D eigenvalue weighted by molar-refractivity contribution is 7.91. The molecule has 0 aliphatic rings. The van der Waals surface area contributed by atoms with E-state index in [0.717, 1.165) is 0 Å². The second kappa shape index (κ2) is 8.20. The molecule has 0 spiro atoms. The van der Waals surface area contributed by atoms with E-state index in [2.05, 4.69) is 25.3 Å². The molecule has 0 saturated carbocycles. The highest BCUT2D eigenvalue weighted by Crippen LogP contribution is 2.28. The number of carbonyl (C=O) groups is 1. The summed E-state index contributed by atoms with van der Waals surface area (Å²) in [4.78, 5) is 37.7. The van der Waals surface area contributed by atoms with Crippen molar-refractivity contribution >= 4 is 44.3 Å². The van der Waals surface area contributed by atoms with Crippen LogP contribution in [0.25, 0.3) is 11.2 Å². The SMILES string of the molecule is Nc1ccc(S(=O)(=O)c2cc(NCc3cnc4nc(N)[nH]c(=O)c4n3)ccc2C(=O)O)cc1. The van der Waals surface area contributed by atoms with Crippen LogP contribution in [0.1, 0.15) is 16.1 Å². The Morgan fingerprint density at radius 2 is 1.82 bits per heavy atom.